The van der Waals surface area contributed by atoms with Gasteiger partial charge >= 0.3 is 0 Å². The van der Waals surface area contributed by atoms with Crippen molar-refractivity contribution in [1.29, 1.82) is 0 Å². The monoisotopic (exact) mass is 272 g/mol. The number of aliphatic hydroxyl groups excluding tert-OH is 1. The molecule has 0 aliphatic rings. The van der Waals surface area contributed by atoms with E-state index in [1.54, 1.807) is 7.11 Å². The van der Waals surface area contributed by atoms with Gasteiger partial charge in [-0.2, -0.15) is 0 Å². The van der Waals surface area contributed by atoms with E-state index in [2.05, 4.69) is 31.2 Å². The first-order valence-corrected chi connectivity index (χ1v) is 7.48. The number of hydrogen-bond acceptors (Lipinski definition) is 2. The number of ether oxygens (including phenoxy) is 1. The third-order valence-corrected chi connectivity index (χ3v) is 3.90. The van der Waals surface area contributed by atoms with E-state index in [4.69, 9.17) is 4.74 Å². The topological polar surface area (TPSA) is 29.5 Å². The summed E-state index contributed by atoms with van der Waals surface area (Å²) in [4.78, 5) is 0. The first-order valence-electron chi connectivity index (χ1n) is 7.48. The zero-order valence-corrected chi connectivity index (χ0v) is 12.6. The molecule has 2 aromatic rings. The zero-order valence-electron chi connectivity index (χ0n) is 12.6. The van der Waals surface area contributed by atoms with Crippen molar-refractivity contribution in [2.45, 2.75) is 45.6 Å². The fourth-order valence-electron chi connectivity index (χ4n) is 2.68. The zero-order chi connectivity index (χ0) is 14.5. The van der Waals surface area contributed by atoms with Crippen LogP contribution in [0.3, 0.4) is 0 Å². The average Bonchev–Trinajstić information content (AvgIpc) is 2.50. The van der Waals surface area contributed by atoms with Crippen LogP contribution in [0.2, 0.25) is 0 Å². The number of methoxy groups -OCH3 is 1. The van der Waals surface area contributed by atoms with Gasteiger partial charge in [0, 0.05) is 0 Å². The van der Waals surface area contributed by atoms with Crippen LogP contribution in [0.1, 0.15) is 50.3 Å². The number of benzene rings is 2. The van der Waals surface area contributed by atoms with Gasteiger partial charge in [0.05, 0.1) is 13.2 Å². The molecule has 108 valence electrons. The van der Waals surface area contributed by atoms with Gasteiger partial charge in [-0.05, 0) is 53.3 Å². The first kappa shape index (κ1) is 14.9. The summed E-state index contributed by atoms with van der Waals surface area (Å²) >= 11 is 0. The molecule has 0 radical (unpaired) electrons. The van der Waals surface area contributed by atoms with E-state index < -0.39 is 0 Å². The lowest BCUT2D eigenvalue weighted by Gasteiger charge is -2.17. The molecule has 0 aliphatic heterocycles. The highest BCUT2D eigenvalue weighted by atomic mass is 16.5. The first-order chi connectivity index (χ1) is 9.71. The summed E-state index contributed by atoms with van der Waals surface area (Å²) in [5.41, 5.74) is 2.37. The van der Waals surface area contributed by atoms with E-state index in [9.17, 15) is 5.11 Å². The van der Waals surface area contributed by atoms with Gasteiger partial charge in [0.1, 0.15) is 5.75 Å². The summed E-state index contributed by atoms with van der Waals surface area (Å²) in [7, 11) is 1.69. The Balaban J connectivity index is 2.57. The van der Waals surface area contributed by atoms with Crippen molar-refractivity contribution in [1.82, 2.24) is 0 Å². The average molecular weight is 272 g/mol. The van der Waals surface area contributed by atoms with Crippen LogP contribution in [0.15, 0.2) is 30.3 Å². The van der Waals surface area contributed by atoms with Crippen molar-refractivity contribution >= 4 is 10.8 Å². The standard InChI is InChI=1S/C18H24O2/c1-4-6-7-16-15-11-9-14(20-3)12-13(15)8-10-17(16)18(19)5-2/h8-12,18-19H,4-7H2,1-3H3. The number of unbranched alkanes of at least 4 members (excludes halogenated alkanes) is 1. The number of rotatable bonds is 6. The third kappa shape index (κ3) is 2.96. The van der Waals surface area contributed by atoms with E-state index in [1.807, 2.05) is 13.0 Å². The summed E-state index contributed by atoms with van der Waals surface area (Å²) in [6.45, 7) is 4.22. The minimum absolute atomic E-state index is 0.367. The second-order valence-electron chi connectivity index (χ2n) is 5.25. The molecule has 0 heterocycles. The second-order valence-corrected chi connectivity index (χ2v) is 5.25. The number of fused-ring (bicyclic) bond motifs is 1. The molecule has 0 saturated carbocycles. The van der Waals surface area contributed by atoms with E-state index >= 15 is 0 Å². The molecule has 0 saturated heterocycles. The maximum Gasteiger partial charge on any atom is 0.119 e. The quantitative estimate of drug-likeness (QED) is 0.830. The minimum atomic E-state index is -0.367. The van der Waals surface area contributed by atoms with Crippen molar-refractivity contribution in [3.05, 3.63) is 41.5 Å². The molecular formula is C18H24O2. The Kier molecular flexibility index (Phi) is 5.02. The lowest BCUT2D eigenvalue weighted by Crippen LogP contribution is -2.02. The Hall–Kier alpha value is -1.54. The maximum absolute atomic E-state index is 10.2. The summed E-state index contributed by atoms with van der Waals surface area (Å²) in [6.07, 6.45) is 3.71. The van der Waals surface area contributed by atoms with Crippen molar-refractivity contribution in [3.8, 4) is 5.75 Å². The predicted octanol–water partition coefficient (Wildman–Crippen LogP) is 4.63. The van der Waals surface area contributed by atoms with Crippen LogP contribution in [0.5, 0.6) is 5.75 Å². The molecule has 0 spiro atoms. The Morgan fingerprint density at radius 2 is 1.95 bits per heavy atom. The largest absolute Gasteiger partial charge is 0.497 e. The van der Waals surface area contributed by atoms with Crippen LogP contribution >= 0.6 is 0 Å². The molecular weight excluding hydrogens is 248 g/mol. The van der Waals surface area contributed by atoms with Gasteiger partial charge in [0.2, 0.25) is 0 Å². The summed E-state index contributed by atoms with van der Waals surface area (Å²) in [6, 6.07) is 10.3. The van der Waals surface area contributed by atoms with Gasteiger partial charge in [-0.3, -0.25) is 0 Å². The summed E-state index contributed by atoms with van der Waals surface area (Å²) < 4.78 is 5.29. The Labute approximate surface area is 121 Å². The van der Waals surface area contributed by atoms with Gasteiger partial charge in [0.15, 0.2) is 0 Å². The predicted molar refractivity (Wildman–Crippen MR) is 84.4 cm³/mol. The normalized spacial score (nSPS) is 12.6. The van der Waals surface area contributed by atoms with E-state index in [0.29, 0.717) is 0 Å². The van der Waals surface area contributed by atoms with Crippen LogP contribution in [-0.4, -0.2) is 12.2 Å². The number of hydrogen-bond donors (Lipinski definition) is 1. The highest BCUT2D eigenvalue weighted by molar-refractivity contribution is 5.88. The molecule has 0 aliphatic carbocycles. The van der Waals surface area contributed by atoms with Crippen LogP contribution in [-0.2, 0) is 6.42 Å². The smallest absolute Gasteiger partial charge is 0.119 e. The van der Waals surface area contributed by atoms with Crippen molar-refractivity contribution in [2.24, 2.45) is 0 Å². The van der Waals surface area contributed by atoms with Crippen LogP contribution in [0, 0.1) is 0 Å². The van der Waals surface area contributed by atoms with E-state index in [-0.39, 0.29) is 6.10 Å². The van der Waals surface area contributed by atoms with Gasteiger partial charge in [-0.15, -0.1) is 0 Å². The molecule has 0 fully saturated rings. The molecule has 0 bridgehead atoms. The van der Waals surface area contributed by atoms with E-state index in [0.717, 1.165) is 37.0 Å². The highest BCUT2D eigenvalue weighted by Gasteiger charge is 2.13. The molecule has 2 rings (SSSR count). The fraction of sp³-hybridized carbons (Fsp3) is 0.444. The number of aryl methyl sites for hydroxylation is 1. The molecule has 20 heavy (non-hydrogen) atoms. The highest BCUT2D eigenvalue weighted by Crippen LogP contribution is 2.31. The maximum atomic E-state index is 10.2. The summed E-state index contributed by atoms with van der Waals surface area (Å²) in [5.74, 6) is 0.878. The Bertz CT molecular complexity index is 575. The minimum Gasteiger partial charge on any atom is -0.497 e. The molecule has 2 aromatic carbocycles. The van der Waals surface area contributed by atoms with Crippen molar-refractivity contribution < 1.29 is 9.84 Å². The molecule has 2 heteroatoms. The van der Waals surface area contributed by atoms with Crippen molar-refractivity contribution in [2.75, 3.05) is 7.11 Å². The lowest BCUT2D eigenvalue weighted by atomic mass is 9.91. The molecule has 1 N–H and O–H groups in total. The van der Waals surface area contributed by atoms with Gasteiger partial charge in [-0.1, -0.05) is 38.5 Å². The lowest BCUT2D eigenvalue weighted by molar-refractivity contribution is 0.173. The van der Waals surface area contributed by atoms with Crippen LogP contribution in [0.25, 0.3) is 10.8 Å². The van der Waals surface area contributed by atoms with Crippen LogP contribution < -0.4 is 4.74 Å². The van der Waals surface area contributed by atoms with E-state index in [1.165, 1.54) is 16.3 Å². The number of aliphatic hydroxyl groups is 1. The Morgan fingerprint density at radius 3 is 2.60 bits per heavy atom. The summed E-state index contributed by atoms with van der Waals surface area (Å²) in [5, 5.41) is 12.7. The Morgan fingerprint density at radius 1 is 1.15 bits per heavy atom. The molecule has 2 nitrogen and oxygen atoms in total. The second kappa shape index (κ2) is 6.76. The van der Waals surface area contributed by atoms with Crippen molar-refractivity contribution in [3.63, 3.8) is 0 Å². The molecule has 1 atom stereocenters. The molecule has 1 unspecified atom stereocenters. The van der Waals surface area contributed by atoms with Gasteiger partial charge in [0.25, 0.3) is 0 Å². The fourth-order valence-corrected chi connectivity index (χ4v) is 2.68. The molecule has 0 amide bonds. The third-order valence-electron chi connectivity index (χ3n) is 3.90. The van der Waals surface area contributed by atoms with Gasteiger partial charge in [-0.25, -0.2) is 0 Å². The van der Waals surface area contributed by atoms with Gasteiger partial charge < -0.3 is 9.84 Å². The van der Waals surface area contributed by atoms with Crippen LogP contribution in [0.4, 0.5) is 0 Å². The SMILES string of the molecule is CCCCc1c(C(O)CC)ccc2cc(OC)ccc12. The molecule has 0 aromatic heterocycles.